The van der Waals surface area contributed by atoms with E-state index in [1.54, 1.807) is 12.1 Å². The Morgan fingerprint density at radius 1 is 1.21 bits per heavy atom. The molecular formula is C12H13ClN2O4. The van der Waals surface area contributed by atoms with Crippen molar-refractivity contribution in [2.45, 2.75) is 25.0 Å². The second-order valence-corrected chi connectivity index (χ2v) is 4.59. The topological polar surface area (TPSA) is 105 Å². The number of fused-ring (bicyclic) bond motifs is 1. The van der Waals surface area contributed by atoms with Gasteiger partial charge in [-0.15, -0.1) is 0 Å². The molecule has 2 atom stereocenters. The second kappa shape index (κ2) is 5.36. The van der Waals surface area contributed by atoms with Crippen molar-refractivity contribution in [3.8, 4) is 0 Å². The van der Waals surface area contributed by atoms with Crippen LogP contribution in [0, 0.1) is 0 Å². The van der Waals surface area contributed by atoms with E-state index in [2.05, 4.69) is 0 Å². The van der Waals surface area contributed by atoms with E-state index in [0.717, 1.165) is 5.56 Å². The molecule has 7 heteroatoms. The molecule has 1 aromatic carbocycles. The third-order valence-corrected chi connectivity index (χ3v) is 3.30. The van der Waals surface area contributed by atoms with Gasteiger partial charge in [0.05, 0.1) is 0 Å². The van der Waals surface area contributed by atoms with Crippen molar-refractivity contribution < 1.29 is 19.1 Å². The molecule has 2 amide bonds. The lowest BCUT2D eigenvalue weighted by Gasteiger charge is -2.32. The molecule has 2 rings (SSSR count). The highest BCUT2D eigenvalue weighted by atomic mass is 35.5. The molecule has 0 bridgehead atoms. The molecule has 4 N–H and O–H groups in total. The van der Waals surface area contributed by atoms with Crippen LogP contribution < -0.4 is 11.5 Å². The number of benzene rings is 1. The predicted molar refractivity (Wildman–Crippen MR) is 67.6 cm³/mol. The van der Waals surface area contributed by atoms with Gasteiger partial charge >= 0.3 is 12.2 Å². The van der Waals surface area contributed by atoms with Crippen LogP contribution in [0.5, 0.6) is 0 Å². The van der Waals surface area contributed by atoms with Gasteiger partial charge in [0.25, 0.3) is 0 Å². The highest BCUT2D eigenvalue weighted by molar-refractivity contribution is 6.31. The van der Waals surface area contributed by atoms with Crippen molar-refractivity contribution in [1.29, 1.82) is 0 Å². The Balaban J connectivity index is 2.39. The summed E-state index contributed by atoms with van der Waals surface area (Å²) in [6.45, 7) is 0. The fourth-order valence-corrected chi connectivity index (χ4v) is 2.58. The van der Waals surface area contributed by atoms with Gasteiger partial charge in [0.2, 0.25) is 0 Å². The summed E-state index contributed by atoms with van der Waals surface area (Å²) in [5, 5.41) is 0.432. The van der Waals surface area contributed by atoms with Crippen LogP contribution in [-0.2, 0) is 15.9 Å². The zero-order valence-electron chi connectivity index (χ0n) is 9.97. The number of carbonyl (C=O) groups excluding carboxylic acids is 2. The Kier molecular flexibility index (Phi) is 3.80. The van der Waals surface area contributed by atoms with Crippen molar-refractivity contribution in [3.05, 3.63) is 34.3 Å². The number of halogens is 1. The Bertz CT molecular complexity index is 520. The molecule has 19 heavy (non-hydrogen) atoms. The molecule has 0 saturated heterocycles. The summed E-state index contributed by atoms with van der Waals surface area (Å²) in [6.07, 6.45) is -2.28. The number of hydrogen-bond acceptors (Lipinski definition) is 4. The number of ether oxygens (including phenoxy) is 2. The largest absolute Gasteiger partial charge is 0.442 e. The van der Waals surface area contributed by atoms with Gasteiger partial charge in [0, 0.05) is 10.6 Å². The van der Waals surface area contributed by atoms with Gasteiger partial charge in [-0.3, -0.25) is 0 Å². The Morgan fingerprint density at radius 2 is 1.89 bits per heavy atom. The van der Waals surface area contributed by atoms with Crippen LogP contribution in [0.1, 0.15) is 23.7 Å². The van der Waals surface area contributed by atoms with Gasteiger partial charge in [0.1, 0.15) is 6.10 Å². The van der Waals surface area contributed by atoms with Crippen molar-refractivity contribution in [2.75, 3.05) is 0 Å². The van der Waals surface area contributed by atoms with Crippen LogP contribution in [0.4, 0.5) is 9.59 Å². The summed E-state index contributed by atoms with van der Waals surface area (Å²) in [5.41, 5.74) is 11.6. The van der Waals surface area contributed by atoms with Crippen molar-refractivity contribution in [1.82, 2.24) is 0 Å². The first-order chi connectivity index (χ1) is 8.99. The third-order valence-electron chi connectivity index (χ3n) is 2.97. The smallest absolute Gasteiger partial charge is 0.405 e. The number of primary amides is 2. The molecular weight excluding hydrogens is 272 g/mol. The van der Waals surface area contributed by atoms with E-state index in [9.17, 15) is 9.59 Å². The van der Waals surface area contributed by atoms with Crippen LogP contribution in [0.2, 0.25) is 5.02 Å². The maximum Gasteiger partial charge on any atom is 0.405 e. The monoisotopic (exact) mass is 284 g/mol. The van der Waals surface area contributed by atoms with Gasteiger partial charge in [-0.2, -0.15) is 0 Å². The van der Waals surface area contributed by atoms with E-state index in [1.165, 1.54) is 0 Å². The summed E-state index contributed by atoms with van der Waals surface area (Å²) in [4.78, 5) is 21.9. The number of hydrogen-bond donors (Lipinski definition) is 2. The van der Waals surface area contributed by atoms with E-state index in [-0.39, 0.29) is 0 Å². The molecule has 1 aliphatic carbocycles. The van der Waals surface area contributed by atoms with Gasteiger partial charge < -0.3 is 20.9 Å². The lowest BCUT2D eigenvalue weighted by atomic mass is 9.87. The normalized spacial score (nSPS) is 21.3. The fraction of sp³-hybridized carbons (Fsp3) is 0.333. The van der Waals surface area contributed by atoms with Crippen molar-refractivity contribution >= 4 is 23.8 Å². The van der Waals surface area contributed by atoms with Crippen LogP contribution in [-0.4, -0.2) is 18.3 Å². The quantitative estimate of drug-likeness (QED) is 0.865. The molecule has 0 fully saturated rings. The molecule has 0 spiro atoms. The molecule has 0 radical (unpaired) electrons. The number of aryl methyl sites for hydroxylation is 1. The third kappa shape index (κ3) is 2.90. The summed E-state index contributed by atoms with van der Waals surface area (Å²) < 4.78 is 10.00. The fourth-order valence-electron chi connectivity index (χ4n) is 2.28. The molecule has 6 nitrogen and oxygen atoms in total. The highest BCUT2D eigenvalue weighted by Gasteiger charge is 2.36. The summed E-state index contributed by atoms with van der Waals surface area (Å²) >= 11 is 6.12. The zero-order valence-corrected chi connectivity index (χ0v) is 10.7. The lowest BCUT2D eigenvalue weighted by Crippen LogP contribution is -2.36. The van der Waals surface area contributed by atoms with Crippen molar-refractivity contribution in [2.24, 2.45) is 11.5 Å². The molecule has 1 aromatic rings. The van der Waals surface area contributed by atoms with Crippen LogP contribution in [0.15, 0.2) is 18.2 Å². The molecule has 0 saturated carbocycles. The number of rotatable bonds is 2. The molecule has 0 heterocycles. The van der Waals surface area contributed by atoms with E-state index >= 15 is 0 Å². The standard InChI is InChI=1S/C12H13ClN2O4/c13-7-3-1-2-6-4-5-8(18-11(14)16)10(9(6)7)19-12(15)17/h1-3,8,10H,4-5H2,(H2,14,16)(H2,15,17)/t8-,10+/m1/s1. The number of carbonyl (C=O) groups is 2. The molecule has 0 aromatic heterocycles. The average Bonchev–Trinajstić information content (AvgIpc) is 2.31. The summed E-state index contributed by atoms with van der Waals surface area (Å²) in [6, 6.07) is 5.35. The first-order valence-electron chi connectivity index (χ1n) is 5.68. The van der Waals surface area contributed by atoms with Crippen LogP contribution >= 0.6 is 11.6 Å². The van der Waals surface area contributed by atoms with Gasteiger partial charge in [-0.1, -0.05) is 23.7 Å². The average molecular weight is 285 g/mol. The van der Waals surface area contributed by atoms with E-state index in [1.807, 2.05) is 6.07 Å². The maximum atomic E-state index is 11.0. The van der Waals surface area contributed by atoms with Crippen molar-refractivity contribution in [3.63, 3.8) is 0 Å². The van der Waals surface area contributed by atoms with Crippen LogP contribution in [0.25, 0.3) is 0 Å². The number of amides is 2. The van der Waals surface area contributed by atoms with E-state index in [0.29, 0.717) is 23.4 Å². The van der Waals surface area contributed by atoms with E-state index < -0.39 is 24.4 Å². The molecule has 1 aliphatic rings. The Labute approximate surface area is 114 Å². The van der Waals surface area contributed by atoms with Gasteiger partial charge in [-0.25, -0.2) is 9.59 Å². The first-order valence-corrected chi connectivity index (χ1v) is 6.06. The minimum atomic E-state index is -0.962. The Morgan fingerprint density at radius 3 is 2.53 bits per heavy atom. The summed E-state index contributed by atoms with van der Waals surface area (Å²) in [7, 11) is 0. The van der Waals surface area contributed by atoms with Gasteiger partial charge in [-0.05, 0) is 24.5 Å². The molecule has 0 aliphatic heterocycles. The van der Waals surface area contributed by atoms with Crippen LogP contribution in [0.3, 0.4) is 0 Å². The first kappa shape index (κ1) is 13.5. The molecule has 102 valence electrons. The SMILES string of the molecule is NC(=O)O[C@@H]1c2c(Cl)cccc2CC[C@H]1OC(N)=O. The lowest BCUT2D eigenvalue weighted by molar-refractivity contribution is -0.0141. The Hall–Kier alpha value is -1.95. The predicted octanol–water partition coefficient (Wildman–Crippen LogP) is 1.89. The zero-order chi connectivity index (χ0) is 14.0. The summed E-state index contributed by atoms with van der Waals surface area (Å²) in [5.74, 6) is 0. The number of nitrogens with two attached hydrogens (primary N) is 2. The van der Waals surface area contributed by atoms with E-state index in [4.69, 9.17) is 32.5 Å². The second-order valence-electron chi connectivity index (χ2n) is 4.18. The highest BCUT2D eigenvalue weighted by Crippen LogP contribution is 2.38. The minimum Gasteiger partial charge on any atom is -0.442 e. The molecule has 0 unspecified atom stereocenters. The maximum absolute atomic E-state index is 11.0. The minimum absolute atomic E-state index is 0.432. The van der Waals surface area contributed by atoms with Gasteiger partial charge in [0.15, 0.2) is 6.10 Å².